The van der Waals surface area contributed by atoms with E-state index in [0.29, 0.717) is 11.3 Å². The Morgan fingerprint density at radius 1 is 1.14 bits per heavy atom. The average Bonchev–Trinajstić information content (AvgIpc) is 3.16. The quantitative estimate of drug-likeness (QED) is 0.687. The fourth-order valence-electron chi connectivity index (χ4n) is 3.03. The summed E-state index contributed by atoms with van der Waals surface area (Å²) in [6.07, 6.45) is 1.72. The molecular formula is C22H19NO5. The number of esters is 1. The average molecular weight is 377 g/mol. The minimum atomic E-state index is -0.568. The van der Waals surface area contributed by atoms with Gasteiger partial charge in [-0.2, -0.15) is 0 Å². The third-order valence-corrected chi connectivity index (χ3v) is 4.48. The Hall–Kier alpha value is -3.54. The summed E-state index contributed by atoms with van der Waals surface area (Å²) in [5.41, 5.74) is 1.94. The van der Waals surface area contributed by atoms with E-state index in [2.05, 4.69) is 5.32 Å². The van der Waals surface area contributed by atoms with Gasteiger partial charge in [0.2, 0.25) is 0 Å². The normalized spacial score (nSPS) is 13.8. The third kappa shape index (κ3) is 3.76. The Balaban J connectivity index is 1.33. The second-order valence-electron chi connectivity index (χ2n) is 6.55. The largest absolute Gasteiger partial charge is 0.488 e. The lowest BCUT2D eigenvalue weighted by Gasteiger charge is -2.17. The smallest absolute Gasteiger partial charge is 0.338 e. The van der Waals surface area contributed by atoms with Crippen molar-refractivity contribution in [3.8, 4) is 5.75 Å². The van der Waals surface area contributed by atoms with Crippen molar-refractivity contribution in [1.82, 2.24) is 5.32 Å². The van der Waals surface area contributed by atoms with Crippen molar-refractivity contribution in [2.45, 2.75) is 13.0 Å². The van der Waals surface area contributed by atoms with Crippen LogP contribution in [0.3, 0.4) is 0 Å². The molecule has 6 heteroatoms. The van der Waals surface area contributed by atoms with Gasteiger partial charge >= 0.3 is 5.97 Å². The zero-order valence-electron chi connectivity index (χ0n) is 15.3. The number of hydrogen-bond donors (Lipinski definition) is 1. The highest BCUT2D eigenvalue weighted by Crippen LogP contribution is 2.26. The fourth-order valence-corrected chi connectivity index (χ4v) is 3.03. The molecule has 0 aliphatic carbocycles. The third-order valence-electron chi connectivity index (χ3n) is 4.48. The summed E-state index contributed by atoms with van der Waals surface area (Å²) >= 11 is 0. The van der Waals surface area contributed by atoms with Crippen LogP contribution in [0, 0.1) is 0 Å². The Kier molecular flexibility index (Phi) is 4.85. The van der Waals surface area contributed by atoms with Crippen molar-refractivity contribution < 1.29 is 23.5 Å². The second-order valence-corrected chi connectivity index (χ2v) is 6.55. The Bertz CT molecular complexity index is 1030. The summed E-state index contributed by atoms with van der Waals surface area (Å²) < 4.78 is 16.4. The lowest BCUT2D eigenvalue weighted by atomic mass is 10.1. The van der Waals surface area contributed by atoms with E-state index in [1.165, 1.54) is 0 Å². The number of ether oxygens (including phenoxy) is 2. The Morgan fingerprint density at radius 3 is 2.79 bits per heavy atom. The highest BCUT2D eigenvalue weighted by atomic mass is 16.5. The molecule has 0 fully saturated rings. The molecule has 1 amide bonds. The number of nitrogens with one attached hydrogen (secondary N) is 1. The summed E-state index contributed by atoms with van der Waals surface area (Å²) in [4.78, 5) is 24.4. The number of hydrogen-bond acceptors (Lipinski definition) is 5. The van der Waals surface area contributed by atoms with Crippen LogP contribution >= 0.6 is 0 Å². The first-order valence-corrected chi connectivity index (χ1v) is 8.97. The molecule has 6 nitrogen and oxygen atoms in total. The second kappa shape index (κ2) is 7.60. The zero-order valence-corrected chi connectivity index (χ0v) is 15.3. The maximum atomic E-state index is 12.2. The van der Waals surface area contributed by atoms with Gasteiger partial charge in [0.15, 0.2) is 6.61 Å². The maximum absolute atomic E-state index is 12.2. The van der Waals surface area contributed by atoms with Crippen LogP contribution in [-0.4, -0.2) is 25.1 Å². The summed E-state index contributed by atoms with van der Waals surface area (Å²) in [6, 6.07) is 16.6. The van der Waals surface area contributed by atoms with E-state index in [4.69, 9.17) is 13.9 Å². The molecule has 0 unspecified atom stereocenters. The number of fused-ring (bicyclic) bond motifs is 2. The van der Waals surface area contributed by atoms with Crippen LogP contribution in [0.25, 0.3) is 17.0 Å². The predicted octanol–water partition coefficient (Wildman–Crippen LogP) is 3.63. The van der Waals surface area contributed by atoms with E-state index in [1.807, 2.05) is 61.5 Å². The molecule has 0 spiro atoms. The first-order valence-electron chi connectivity index (χ1n) is 8.97. The molecule has 2 heterocycles. The van der Waals surface area contributed by atoms with E-state index in [9.17, 15) is 9.59 Å². The van der Waals surface area contributed by atoms with Crippen molar-refractivity contribution in [1.29, 1.82) is 0 Å². The van der Waals surface area contributed by atoms with E-state index in [0.717, 1.165) is 22.3 Å². The number of para-hydroxylation sites is 2. The van der Waals surface area contributed by atoms with Crippen LogP contribution in [0.15, 0.2) is 64.6 Å². The molecule has 0 saturated heterocycles. The van der Waals surface area contributed by atoms with Gasteiger partial charge in [-0.15, -0.1) is 0 Å². The summed E-state index contributed by atoms with van der Waals surface area (Å²) in [5, 5.41) is 3.74. The van der Waals surface area contributed by atoms with E-state index in [-0.39, 0.29) is 19.3 Å². The zero-order chi connectivity index (χ0) is 19.5. The minimum Gasteiger partial charge on any atom is -0.488 e. The molecule has 1 aliphatic heterocycles. The van der Waals surface area contributed by atoms with Gasteiger partial charge in [0.25, 0.3) is 5.91 Å². The van der Waals surface area contributed by atoms with Crippen LogP contribution in [0.4, 0.5) is 0 Å². The van der Waals surface area contributed by atoms with E-state index in [1.54, 1.807) is 6.08 Å². The number of rotatable bonds is 5. The first-order chi connectivity index (χ1) is 13.6. The number of benzene rings is 2. The molecule has 1 N–H and O–H groups in total. The van der Waals surface area contributed by atoms with Gasteiger partial charge in [0, 0.05) is 10.9 Å². The molecule has 2 aromatic carbocycles. The molecule has 28 heavy (non-hydrogen) atoms. The van der Waals surface area contributed by atoms with Gasteiger partial charge in [-0.3, -0.25) is 4.79 Å². The van der Waals surface area contributed by atoms with Crippen LogP contribution in [0.2, 0.25) is 0 Å². The fraction of sp³-hybridized carbons (Fsp3) is 0.182. The molecule has 0 bridgehead atoms. The van der Waals surface area contributed by atoms with Gasteiger partial charge < -0.3 is 19.2 Å². The predicted molar refractivity (Wildman–Crippen MR) is 104 cm³/mol. The van der Waals surface area contributed by atoms with Crippen LogP contribution < -0.4 is 10.1 Å². The van der Waals surface area contributed by atoms with Gasteiger partial charge in [-0.25, -0.2) is 4.79 Å². The first kappa shape index (κ1) is 17.9. The molecule has 0 radical (unpaired) electrons. The highest BCUT2D eigenvalue weighted by molar-refractivity contribution is 5.96. The molecule has 142 valence electrons. The SMILES string of the molecule is C[C@H](NC(=O)COC(=O)C1=Cc2ccccc2OC1)c1cc2ccccc2o1. The Morgan fingerprint density at radius 2 is 1.93 bits per heavy atom. The van der Waals surface area contributed by atoms with Gasteiger partial charge in [0.05, 0.1) is 11.6 Å². The molecule has 1 aliphatic rings. The van der Waals surface area contributed by atoms with Crippen molar-refractivity contribution in [3.05, 3.63) is 71.5 Å². The van der Waals surface area contributed by atoms with E-state index < -0.39 is 11.9 Å². The summed E-state index contributed by atoms with van der Waals surface area (Å²) in [5.74, 6) is 0.386. The highest BCUT2D eigenvalue weighted by Gasteiger charge is 2.20. The molecule has 1 atom stereocenters. The molecule has 3 aromatic rings. The van der Waals surface area contributed by atoms with Crippen LogP contribution in [-0.2, 0) is 14.3 Å². The Labute approximate surface area is 161 Å². The number of carbonyl (C=O) groups is 2. The standard InChI is InChI=1S/C22H19NO5/c1-14(20-11-16-7-3-5-9-19(16)28-20)23-21(24)13-27-22(25)17-10-15-6-2-4-8-18(15)26-12-17/h2-11,14H,12-13H2,1H3,(H,23,24)/t14-/m0/s1. The summed E-state index contributed by atoms with van der Waals surface area (Å²) in [6.45, 7) is 1.56. The molecule has 1 aromatic heterocycles. The van der Waals surface area contributed by atoms with Gasteiger partial charge in [-0.05, 0) is 31.2 Å². The van der Waals surface area contributed by atoms with Crippen molar-refractivity contribution in [2.75, 3.05) is 13.2 Å². The van der Waals surface area contributed by atoms with Gasteiger partial charge in [0.1, 0.15) is 23.7 Å². The van der Waals surface area contributed by atoms with Crippen LogP contribution in [0.5, 0.6) is 5.75 Å². The van der Waals surface area contributed by atoms with Crippen molar-refractivity contribution in [3.63, 3.8) is 0 Å². The number of carbonyl (C=O) groups excluding carboxylic acids is 2. The topological polar surface area (TPSA) is 77.8 Å². The lowest BCUT2D eigenvalue weighted by Crippen LogP contribution is -2.31. The van der Waals surface area contributed by atoms with Crippen molar-refractivity contribution >= 4 is 28.9 Å². The van der Waals surface area contributed by atoms with Crippen molar-refractivity contribution in [2.24, 2.45) is 0 Å². The molecule has 4 rings (SSSR count). The van der Waals surface area contributed by atoms with E-state index >= 15 is 0 Å². The maximum Gasteiger partial charge on any atom is 0.338 e. The molecule has 0 saturated carbocycles. The minimum absolute atomic E-state index is 0.118. The number of furan rings is 1. The number of amides is 1. The monoisotopic (exact) mass is 377 g/mol. The lowest BCUT2D eigenvalue weighted by molar-refractivity contribution is -0.145. The van der Waals surface area contributed by atoms with Gasteiger partial charge in [-0.1, -0.05) is 36.4 Å². The van der Waals surface area contributed by atoms with Crippen LogP contribution in [0.1, 0.15) is 24.3 Å². The molecular weight excluding hydrogens is 358 g/mol. The summed E-state index contributed by atoms with van der Waals surface area (Å²) in [7, 11) is 0.